The predicted octanol–water partition coefficient (Wildman–Crippen LogP) is 4.99. The molecule has 0 unspecified atom stereocenters. The lowest BCUT2D eigenvalue weighted by molar-refractivity contribution is 0.415. The van der Waals surface area contributed by atoms with Gasteiger partial charge in [0.1, 0.15) is 11.6 Å². The van der Waals surface area contributed by atoms with Gasteiger partial charge in [-0.3, -0.25) is 4.40 Å². The fourth-order valence-corrected chi connectivity index (χ4v) is 2.93. The molecular formula is C21H18N2O. The summed E-state index contributed by atoms with van der Waals surface area (Å²) < 4.78 is 7.50. The molecule has 0 aliphatic rings. The number of aryl methyl sites for hydroxylation is 1. The minimum absolute atomic E-state index is 0.835. The van der Waals surface area contributed by atoms with Gasteiger partial charge in [-0.25, -0.2) is 4.98 Å². The predicted molar refractivity (Wildman–Crippen MR) is 97.4 cm³/mol. The Bertz CT molecular complexity index is 1000. The minimum Gasteiger partial charge on any atom is -0.497 e. The summed E-state index contributed by atoms with van der Waals surface area (Å²) in [7, 11) is 1.68. The third kappa shape index (κ3) is 2.44. The molecule has 0 saturated heterocycles. The van der Waals surface area contributed by atoms with E-state index in [9.17, 15) is 0 Å². The van der Waals surface area contributed by atoms with Crippen LogP contribution in [-0.2, 0) is 0 Å². The summed E-state index contributed by atoms with van der Waals surface area (Å²) in [6.45, 7) is 2.09. The van der Waals surface area contributed by atoms with Crippen molar-refractivity contribution in [2.24, 2.45) is 0 Å². The van der Waals surface area contributed by atoms with E-state index in [1.807, 2.05) is 30.3 Å². The largest absolute Gasteiger partial charge is 0.497 e. The fraction of sp³-hybridized carbons (Fsp3) is 0.0952. The molecule has 0 saturated carbocycles. The van der Waals surface area contributed by atoms with Gasteiger partial charge in [-0.15, -0.1) is 0 Å². The number of hydrogen-bond donors (Lipinski definition) is 0. The molecular weight excluding hydrogens is 296 g/mol. The van der Waals surface area contributed by atoms with E-state index in [1.165, 1.54) is 5.56 Å². The Morgan fingerprint density at radius 1 is 0.875 bits per heavy atom. The molecule has 0 aliphatic heterocycles. The Labute approximate surface area is 141 Å². The van der Waals surface area contributed by atoms with Crippen LogP contribution in [0.5, 0.6) is 5.75 Å². The van der Waals surface area contributed by atoms with Crippen molar-refractivity contribution >= 4 is 5.52 Å². The first kappa shape index (κ1) is 14.5. The highest BCUT2D eigenvalue weighted by Gasteiger charge is 2.14. The van der Waals surface area contributed by atoms with Crippen molar-refractivity contribution in [2.45, 2.75) is 6.92 Å². The first-order valence-corrected chi connectivity index (χ1v) is 7.95. The smallest absolute Gasteiger partial charge is 0.145 e. The summed E-state index contributed by atoms with van der Waals surface area (Å²) in [6.07, 6.45) is 2.06. The highest BCUT2D eigenvalue weighted by atomic mass is 16.5. The second-order valence-corrected chi connectivity index (χ2v) is 5.84. The molecule has 0 bridgehead atoms. The van der Waals surface area contributed by atoms with Crippen molar-refractivity contribution in [3.63, 3.8) is 0 Å². The average molecular weight is 314 g/mol. The molecule has 4 rings (SSSR count). The molecule has 0 amide bonds. The molecule has 2 heterocycles. The van der Waals surface area contributed by atoms with Crippen molar-refractivity contribution in [1.29, 1.82) is 0 Å². The maximum absolute atomic E-state index is 5.36. The van der Waals surface area contributed by atoms with Crippen LogP contribution in [0.25, 0.3) is 28.2 Å². The molecule has 0 atom stereocenters. The van der Waals surface area contributed by atoms with Crippen molar-refractivity contribution in [3.8, 4) is 28.4 Å². The van der Waals surface area contributed by atoms with Crippen molar-refractivity contribution in [2.75, 3.05) is 7.11 Å². The van der Waals surface area contributed by atoms with Crippen LogP contribution in [0.3, 0.4) is 0 Å². The zero-order valence-corrected chi connectivity index (χ0v) is 13.7. The summed E-state index contributed by atoms with van der Waals surface area (Å²) in [5, 5.41) is 0. The van der Waals surface area contributed by atoms with E-state index in [4.69, 9.17) is 9.72 Å². The van der Waals surface area contributed by atoms with Crippen LogP contribution >= 0.6 is 0 Å². The van der Waals surface area contributed by atoms with Crippen LogP contribution in [0.2, 0.25) is 0 Å². The van der Waals surface area contributed by atoms with Gasteiger partial charge in [-0.2, -0.15) is 0 Å². The number of ether oxygens (including phenoxy) is 1. The van der Waals surface area contributed by atoms with Gasteiger partial charge in [0.2, 0.25) is 0 Å². The Morgan fingerprint density at radius 3 is 2.50 bits per heavy atom. The van der Waals surface area contributed by atoms with Gasteiger partial charge in [-0.05, 0) is 31.2 Å². The Balaban J connectivity index is 1.95. The Morgan fingerprint density at radius 2 is 1.71 bits per heavy atom. The topological polar surface area (TPSA) is 26.5 Å². The van der Waals surface area contributed by atoms with Gasteiger partial charge in [0.05, 0.1) is 18.3 Å². The number of imidazole rings is 1. The summed E-state index contributed by atoms with van der Waals surface area (Å²) in [5.41, 5.74) is 5.45. The molecule has 0 N–H and O–H groups in total. The second kappa shape index (κ2) is 5.85. The summed E-state index contributed by atoms with van der Waals surface area (Å²) in [5.74, 6) is 1.78. The van der Waals surface area contributed by atoms with E-state index in [0.29, 0.717) is 0 Å². The number of methoxy groups -OCH3 is 1. The van der Waals surface area contributed by atoms with Crippen LogP contribution in [0.4, 0.5) is 0 Å². The summed E-state index contributed by atoms with van der Waals surface area (Å²) in [4.78, 5) is 4.94. The molecule has 0 radical (unpaired) electrons. The third-order valence-corrected chi connectivity index (χ3v) is 4.20. The van der Waals surface area contributed by atoms with E-state index >= 15 is 0 Å². The number of benzene rings is 2. The SMILES string of the molecule is COc1cccc(-c2nc(-c3ccc(C)cc3)n3ccccc23)c1. The standard InChI is InChI=1S/C21H18N2O/c1-15-9-11-16(12-10-15)21-22-20(19-8-3-4-13-23(19)21)17-6-5-7-18(14-17)24-2/h3-14H,1-2H3. The van der Waals surface area contributed by atoms with Crippen LogP contribution in [0.1, 0.15) is 5.56 Å². The first-order chi connectivity index (χ1) is 11.8. The van der Waals surface area contributed by atoms with Gasteiger partial charge < -0.3 is 4.74 Å². The monoisotopic (exact) mass is 314 g/mol. The molecule has 3 nitrogen and oxygen atoms in total. The lowest BCUT2D eigenvalue weighted by Gasteiger charge is -2.02. The van der Waals surface area contributed by atoms with Gasteiger partial charge in [-0.1, -0.05) is 48.0 Å². The maximum Gasteiger partial charge on any atom is 0.145 e. The average Bonchev–Trinajstić information content (AvgIpc) is 3.02. The molecule has 2 aromatic heterocycles. The number of aromatic nitrogens is 2. The van der Waals surface area contributed by atoms with Crippen molar-refractivity contribution in [3.05, 3.63) is 78.5 Å². The van der Waals surface area contributed by atoms with Crippen LogP contribution in [-0.4, -0.2) is 16.5 Å². The van der Waals surface area contributed by atoms with Crippen LogP contribution in [0, 0.1) is 6.92 Å². The molecule has 4 aromatic rings. The minimum atomic E-state index is 0.835. The third-order valence-electron chi connectivity index (χ3n) is 4.20. The molecule has 0 fully saturated rings. The first-order valence-electron chi connectivity index (χ1n) is 7.95. The van der Waals surface area contributed by atoms with Gasteiger partial charge in [0.15, 0.2) is 0 Å². The summed E-state index contributed by atoms with van der Waals surface area (Å²) >= 11 is 0. The maximum atomic E-state index is 5.36. The van der Waals surface area contributed by atoms with Crippen molar-refractivity contribution < 1.29 is 4.74 Å². The quantitative estimate of drug-likeness (QED) is 0.533. The Hall–Kier alpha value is -3.07. The molecule has 2 aromatic carbocycles. The highest BCUT2D eigenvalue weighted by molar-refractivity contribution is 5.81. The number of pyridine rings is 1. The zero-order chi connectivity index (χ0) is 16.5. The number of fused-ring (bicyclic) bond motifs is 1. The number of nitrogens with zero attached hydrogens (tertiary/aromatic N) is 2. The second-order valence-electron chi connectivity index (χ2n) is 5.84. The van der Waals surface area contributed by atoms with E-state index < -0.39 is 0 Å². The zero-order valence-electron chi connectivity index (χ0n) is 13.7. The number of rotatable bonds is 3. The van der Waals surface area contributed by atoms with Crippen LogP contribution < -0.4 is 4.74 Å². The van der Waals surface area contributed by atoms with Crippen LogP contribution in [0.15, 0.2) is 72.9 Å². The molecule has 0 spiro atoms. The fourth-order valence-electron chi connectivity index (χ4n) is 2.93. The van der Waals surface area contributed by atoms with Crippen molar-refractivity contribution in [1.82, 2.24) is 9.38 Å². The van der Waals surface area contributed by atoms with E-state index in [2.05, 4.69) is 53.9 Å². The molecule has 3 heteroatoms. The van der Waals surface area contributed by atoms with E-state index in [0.717, 1.165) is 33.9 Å². The highest BCUT2D eigenvalue weighted by Crippen LogP contribution is 2.31. The molecule has 0 aliphatic carbocycles. The van der Waals surface area contributed by atoms with Gasteiger partial charge >= 0.3 is 0 Å². The Kier molecular flexibility index (Phi) is 3.54. The summed E-state index contributed by atoms with van der Waals surface area (Å²) in [6, 6.07) is 22.7. The lowest BCUT2D eigenvalue weighted by Crippen LogP contribution is -1.88. The number of hydrogen-bond acceptors (Lipinski definition) is 2. The lowest BCUT2D eigenvalue weighted by atomic mass is 10.1. The van der Waals surface area contributed by atoms with Gasteiger partial charge in [0.25, 0.3) is 0 Å². The normalized spacial score (nSPS) is 10.9. The van der Waals surface area contributed by atoms with Gasteiger partial charge in [0, 0.05) is 17.3 Å². The van der Waals surface area contributed by atoms with E-state index in [-0.39, 0.29) is 0 Å². The molecule has 24 heavy (non-hydrogen) atoms. The molecule has 118 valence electrons. The van der Waals surface area contributed by atoms with E-state index in [1.54, 1.807) is 7.11 Å².